The smallest absolute Gasteiger partial charge is 0.123 e. The van der Waals surface area contributed by atoms with Crippen LogP contribution in [0.1, 0.15) is 36.9 Å². The largest absolute Gasteiger partial charge is 0.391 e. The summed E-state index contributed by atoms with van der Waals surface area (Å²) in [6.07, 6.45) is 0.992. The van der Waals surface area contributed by atoms with Crippen LogP contribution in [-0.4, -0.2) is 11.2 Å². The van der Waals surface area contributed by atoms with Gasteiger partial charge in [0.25, 0.3) is 0 Å². The number of aryl methyl sites for hydroxylation is 1. The van der Waals surface area contributed by atoms with Crippen molar-refractivity contribution in [2.24, 2.45) is 5.73 Å². The molecule has 0 saturated heterocycles. The van der Waals surface area contributed by atoms with E-state index >= 15 is 0 Å². The van der Waals surface area contributed by atoms with Crippen LogP contribution in [0.2, 0.25) is 0 Å². The van der Waals surface area contributed by atoms with Crippen LogP contribution in [0.15, 0.2) is 18.2 Å². The Morgan fingerprint density at radius 2 is 2.13 bits per heavy atom. The van der Waals surface area contributed by atoms with Crippen LogP contribution in [0, 0.1) is 12.7 Å². The molecule has 0 aromatic heterocycles. The molecule has 2 atom stereocenters. The Kier molecular flexibility index (Phi) is 4.24. The van der Waals surface area contributed by atoms with Gasteiger partial charge in [0.2, 0.25) is 0 Å². The molecule has 0 aliphatic rings. The predicted molar refractivity (Wildman–Crippen MR) is 59.0 cm³/mol. The maximum atomic E-state index is 12.9. The molecule has 0 radical (unpaired) electrons. The van der Waals surface area contributed by atoms with Gasteiger partial charge in [-0.1, -0.05) is 19.4 Å². The van der Waals surface area contributed by atoms with Gasteiger partial charge in [0.05, 0.1) is 12.1 Å². The third-order valence-corrected chi connectivity index (χ3v) is 2.59. The van der Waals surface area contributed by atoms with E-state index in [1.165, 1.54) is 12.1 Å². The fourth-order valence-corrected chi connectivity index (χ4v) is 1.70. The third kappa shape index (κ3) is 3.01. The summed E-state index contributed by atoms with van der Waals surface area (Å²) in [5.74, 6) is -0.270. The third-order valence-electron chi connectivity index (χ3n) is 2.59. The number of hydrogen-bond donors (Lipinski definition) is 2. The molecule has 0 saturated carbocycles. The van der Waals surface area contributed by atoms with E-state index in [-0.39, 0.29) is 5.82 Å². The quantitative estimate of drug-likeness (QED) is 0.802. The minimum absolute atomic E-state index is 0.270. The fourth-order valence-electron chi connectivity index (χ4n) is 1.70. The number of halogens is 1. The number of hydrogen-bond acceptors (Lipinski definition) is 2. The lowest BCUT2D eigenvalue weighted by molar-refractivity contribution is 0.134. The van der Waals surface area contributed by atoms with Crippen molar-refractivity contribution < 1.29 is 9.50 Å². The summed E-state index contributed by atoms with van der Waals surface area (Å²) >= 11 is 0. The normalized spacial score (nSPS) is 15.0. The van der Waals surface area contributed by atoms with E-state index < -0.39 is 12.1 Å². The van der Waals surface area contributed by atoms with Crippen molar-refractivity contribution in [1.29, 1.82) is 0 Å². The van der Waals surface area contributed by atoms with Gasteiger partial charge in [-0.3, -0.25) is 0 Å². The summed E-state index contributed by atoms with van der Waals surface area (Å²) in [6, 6.07) is 4.04. The molecule has 0 bridgehead atoms. The summed E-state index contributed by atoms with van der Waals surface area (Å²) in [7, 11) is 0. The lowest BCUT2D eigenvalue weighted by Crippen LogP contribution is -2.26. The van der Waals surface area contributed by atoms with E-state index in [0.29, 0.717) is 6.42 Å². The molecular formula is C12H18FNO. The number of aliphatic hydroxyl groups is 1. The highest BCUT2D eigenvalue weighted by Crippen LogP contribution is 2.21. The zero-order valence-corrected chi connectivity index (χ0v) is 9.20. The molecule has 3 heteroatoms. The van der Waals surface area contributed by atoms with Crippen molar-refractivity contribution in [2.75, 3.05) is 0 Å². The average molecular weight is 211 g/mol. The standard InChI is InChI=1S/C12H18FNO/c1-3-4-11(15)12(14)10-6-5-9(13)7-8(10)2/h5-7,11-12,15H,3-4,14H2,1-2H3/t11-,12+/m0/s1. The second kappa shape index (κ2) is 5.24. The van der Waals surface area contributed by atoms with Gasteiger partial charge < -0.3 is 10.8 Å². The minimum atomic E-state index is -0.556. The molecule has 1 aromatic rings. The maximum Gasteiger partial charge on any atom is 0.123 e. The first-order chi connectivity index (χ1) is 7.06. The second-order valence-electron chi connectivity index (χ2n) is 3.88. The molecule has 2 nitrogen and oxygen atoms in total. The molecule has 0 fully saturated rings. The van der Waals surface area contributed by atoms with Crippen molar-refractivity contribution in [3.8, 4) is 0 Å². The Hall–Kier alpha value is -0.930. The minimum Gasteiger partial charge on any atom is -0.391 e. The number of rotatable bonds is 4. The van der Waals surface area contributed by atoms with E-state index in [9.17, 15) is 9.50 Å². The molecule has 1 aromatic carbocycles. The van der Waals surface area contributed by atoms with Crippen LogP contribution < -0.4 is 5.73 Å². The highest BCUT2D eigenvalue weighted by atomic mass is 19.1. The van der Waals surface area contributed by atoms with Crippen LogP contribution in [0.4, 0.5) is 4.39 Å². The first kappa shape index (κ1) is 12.1. The van der Waals surface area contributed by atoms with E-state index in [4.69, 9.17) is 5.73 Å². The summed E-state index contributed by atoms with van der Waals surface area (Å²) < 4.78 is 12.9. The van der Waals surface area contributed by atoms with Gasteiger partial charge in [-0.25, -0.2) is 4.39 Å². The number of benzene rings is 1. The first-order valence-corrected chi connectivity index (χ1v) is 5.26. The Morgan fingerprint density at radius 3 is 2.67 bits per heavy atom. The molecule has 1 rings (SSSR count). The summed E-state index contributed by atoms with van der Waals surface area (Å²) in [6.45, 7) is 3.80. The highest BCUT2D eigenvalue weighted by Gasteiger charge is 2.17. The number of aliphatic hydroxyl groups excluding tert-OH is 1. The lowest BCUT2D eigenvalue weighted by atomic mass is 9.95. The summed E-state index contributed by atoms with van der Waals surface area (Å²) in [5, 5.41) is 9.75. The van der Waals surface area contributed by atoms with Gasteiger partial charge in [0.15, 0.2) is 0 Å². The van der Waals surface area contributed by atoms with Gasteiger partial charge in [-0.15, -0.1) is 0 Å². The molecular weight excluding hydrogens is 193 g/mol. The average Bonchev–Trinajstić information content (AvgIpc) is 2.17. The van der Waals surface area contributed by atoms with Crippen LogP contribution in [-0.2, 0) is 0 Å². The number of nitrogens with two attached hydrogens (primary N) is 1. The zero-order valence-electron chi connectivity index (χ0n) is 9.20. The Labute approximate surface area is 89.9 Å². The summed E-state index contributed by atoms with van der Waals surface area (Å²) in [4.78, 5) is 0. The van der Waals surface area contributed by atoms with Crippen molar-refractivity contribution in [3.63, 3.8) is 0 Å². The molecule has 0 spiro atoms. The fraction of sp³-hybridized carbons (Fsp3) is 0.500. The van der Waals surface area contributed by atoms with Gasteiger partial charge in [-0.2, -0.15) is 0 Å². The molecule has 0 aliphatic heterocycles. The highest BCUT2D eigenvalue weighted by molar-refractivity contribution is 5.29. The molecule has 0 heterocycles. The van der Waals surface area contributed by atoms with Crippen LogP contribution >= 0.6 is 0 Å². The first-order valence-electron chi connectivity index (χ1n) is 5.26. The van der Waals surface area contributed by atoms with Gasteiger partial charge in [0, 0.05) is 0 Å². The van der Waals surface area contributed by atoms with Gasteiger partial charge in [-0.05, 0) is 36.6 Å². The molecule has 0 amide bonds. The van der Waals surface area contributed by atoms with Crippen molar-refractivity contribution >= 4 is 0 Å². The molecule has 15 heavy (non-hydrogen) atoms. The Bertz CT molecular complexity index is 327. The predicted octanol–water partition coefficient (Wildman–Crippen LogP) is 2.29. The molecule has 3 N–H and O–H groups in total. The molecule has 0 aliphatic carbocycles. The Morgan fingerprint density at radius 1 is 1.47 bits per heavy atom. The topological polar surface area (TPSA) is 46.2 Å². The molecule has 84 valence electrons. The summed E-state index contributed by atoms with van der Waals surface area (Å²) in [5.41, 5.74) is 7.51. The van der Waals surface area contributed by atoms with Crippen molar-refractivity contribution in [1.82, 2.24) is 0 Å². The van der Waals surface area contributed by atoms with Crippen LogP contribution in [0.3, 0.4) is 0 Å². The SMILES string of the molecule is CCC[C@H](O)[C@H](N)c1ccc(F)cc1C. The Balaban J connectivity index is 2.86. The monoisotopic (exact) mass is 211 g/mol. The zero-order chi connectivity index (χ0) is 11.4. The van der Waals surface area contributed by atoms with Crippen molar-refractivity contribution in [2.45, 2.75) is 38.8 Å². The van der Waals surface area contributed by atoms with Crippen molar-refractivity contribution in [3.05, 3.63) is 35.1 Å². The van der Waals surface area contributed by atoms with Gasteiger partial charge in [0.1, 0.15) is 5.82 Å². The maximum absolute atomic E-state index is 12.9. The van der Waals surface area contributed by atoms with E-state index in [1.54, 1.807) is 13.0 Å². The molecule has 0 unspecified atom stereocenters. The van der Waals surface area contributed by atoms with E-state index in [1.807, 2.05) is 6.92 Å². The van der Waals surface area contributed by atoms with E-state index in [2.05, 4.69) is 0 Å². The van der Waals surface area contributed by atoms with E-state index in [0.717, 1.165) is 17.5 Å². The van der Waals surface area contributed by atoms with Gasteiger partial charge >= 0.3 is 0 Å². The van der Waals surface area contributed by atoms with Crippen LogP contribution in [0.5, 0.6) is 0 Å². The lowest BCUT2D eigenvalue weighted by Gasteiger charge is -2.20. The van der Waals surface area contributed by atoms with Crippen LogP contribution in [0.25, 0.3) is 0 Å². The second-order valence-corrected chi connectivity index (χ2v) is 3.88.